The van der Waals surface area contributed by atoms with Crippen molar-refractivity contribution in [2.24, 2.45) is 11.8 Å². The van der Waals surface area contributed by atoms with E-state index < -0.39 is 12.0 Å². The average Bonchev–Trinajstić information content (AvgIpc) is 2.54. The molecule has 4 nitrogen and oxygen atoms in total. The molecule has 0 aliphatic heterocycles. The maximum atomic E-state index is 11.2. The van der Waals surface area contributed by atoms with Crippen LogP contribution in [-0.4, -0.2) is 23.7 Å². The fraction of sp³-hybridized carbons (Fsp3) is 0.632. The zero-order valence-electron chi connectivity index (χ0n) is 14.3. The smallest absolute Gasteiger partial charge is 0.320 e. The Kier molecular flexibility index (Phi) is 6.90. The minimum atomic E-state index is -0.801. The number of ether oxygens (including phenoxy) is 1. The minimum Gasteiger partial charge on any atom is -0.493 e. The van der Waals surface area contributed by atoms with E-state index in [4.69, 9.17) is 4.74 Å². The summed E-state index contributed by atoms with van der Waals surface area (Å²) in [6, 6.07) is 7.43. The predicted molar refractivity (Wildman–Crippen MR) is 91.6 cm³/mol. The van der Waals surface area contributed by atoms with Crippen LogP contribution in [-0.2, 0) is 11.3 Å². The Hall–Kier alpha value is -1.55. The highest BCUT2D eigenvalue weighted by atomic mass is 16.5. The van der Waals surface area contributed by atoms with Crippen molar-refractivity contribution in [2.75, 3.05) is 6.61 Å². The van der Waals surface area contributed by atoms with Gasteiger partial charge in [-0.2, -0.15) is 0 Å². The third-order valence-corrected chi connectivity index (χ3v) is 4.57. The summed E-state index contributed by atoms with van der Waals surface area (Å²) in [6.45, 7) is 5.15. The average molecular weight is 319 g/mol. The van der Waals surface area contributed by atoms with E-state index in [1.807, 2.05) is 38.1 Å². The Bertz CT molecular complexity index is 495. The second kappa shape index (κ2) is 8.92. The molecule has 1 aliphatic rings. The van der Waals surface area contributed by atoms with Crippen LogP contribution >= 0.6 is 0 Å². The third kappa shape index (κ3) is 5.87. The lowest BCUT2D eigenvalue weighted by molar-refractivity contribution is -0.140. The minimum absolute atomic E-state index is 0.0539. The number of rotatable bonds is 8. The number of nitrogens with one attached hydrogen (secondary N) is 1. The van der Waals surface area contributed by atoms with Gasteiger partial charge in [0.1, 0.15) is 11.8 Å². The molecule has 23 heavy (non-hydrogen) atoms. The molecular weight excluding hydrogens is 290 g/mol. The van der Waals surface area contributed by atoms with Crippen LogP contribution < -0.4 is 10.1 Å². The van der Waals surface area contributed by atoms with Crippen molar-refractivity contribution in [2.45, 2.75) is 58.5 Å². The second-order valence-corrected chi connectivity index (χ2v) is 6.90. The summed E-state index contributed by atoms with van der Waals surface area (Å²) in [6.07, 6.45) is 6.55. The van der Waals surface area contributed by atoms with Gasteiger partial charge in [0.15, 0.2) is 0 Å². The summed E-state index contributed by atoms with van der Waals surface area (Å²) in [5.74, 6) is 0.817. The zero-order chi connectivity index (χ0) is 16.7. The van der Waals surface area contributed by atoms with Crippen molar-refractivity contribution in [1.82, 2.24) is 5.32 Å². The van der Waals surface area contributed by atoms with Gasteiger partial charge in [0.25, 0.3) is 0 Å². The SMILES string of the molecule is CC(C)[C@@H](NCc1cccc(OCC2CCCCC2)c1)C(=O)O. The molecular formula is C19H29NO3. The Morgan fingerprint density at radius 3 is 2.70 bits per heavy atom. The van der Waals surface area contributed by atoms with E-state index in [2.05, 4.69) is 5.32 Å². The van der Waals surface area contributed by atoms with Crippen LogP contribution in [0.15, 0.2) is 24.3 Å². The highest BCUT2D eigenvalue weighted by Gasteiger charge is 2.20. The van der Waals surface area contributed by atoms with Crippen LogP contribution in [0.3, 0.4) is 0 Å². The standard InChI is InChI=1S/C19H29NO3/c1-14(2)18(19(21)22)20-12-16-9-6-10-17(11-16)23-13-15-7-4-3-5-8-15/h6,9-11,14-15,18,20H,3-5,7-8,12-13H2,1-2H3,(H,21,22)/t18-/m1/s1. The van der Waals surface area contributed by atoms with Crippen LogP contribution in [0.5, 0.6) is 5.75 Å². The fourth-order valence-electron chi connectivity index (χ4n) is 3.15. The normalized spacial score (nSPS) is 17.2. The van der Waals surface area contributed by atoms with E-state index in [-0.39, 0.29) is 5.92 Å². The van der Waals surface area contributed by atoms with Crippen LogP contribution in [0.2, 0.25) is 0 Å². The molecule has 128 valence electrons. The van der Waals surface area contributed by atoms with Gasteiger partial charge in [-0.3, -0.25) is 4.79 Å². The van der Waals surface area contributed by atoms with Crippen molar-refractivity contribution >= 4 is 5.97 Å². The first-order valence-corrected chi connectivity index (χ1v) is 8.74. The van der Waals surface area contributed by atoms with Crippen LogP contribution in [0.1, 0.15) is 51.5 Å². The highest BCUT2D eigenvalue weighted by Crippen LogP contribution is 2.24. The number of aliphatic carboxylic acids is 1. The van der Waals surface area contributed by atoms with E-state index in [0.29, 0.717) is 12.5 Å². The highest BCUT2D eigenvalue weighted by molar-refractivity contribution is 5.73. The van der Waals surface area contributed by atoms with Gasteiger partial charge in [0.05, 0.1) is 6.61 Å². The van der Waals surface area contributed by atoms with E-state index in [1.165, 1.54) is 32.1 Å². The van der Waals surface area contributed by atoms with Crippen molar-refractivity contribution < 1.29 is 14.6 Å². The first kappa shape index (κ1) is 17.8. The van der Waals surface area contributed by atoms with Gasteiger partial charge < -0.3 is 15.2 Å². The molecule has 0 bridgehead atoms. The van der Waals surface area contributed by atoms with E-state index in [1.54, 1.807) is 0 Å². The fourth-order valence-corrected chi connectivity index (χ4v) is 3.15. The first-order chi connectivity index (χ1) is 11.1. The summed E-state index contributed by atoms with van der Waals surface area (Å²) < 4.78 is 5.94. The Morgan fingerprint density at radius 2 is 2.04 bits per heavy atom. The number of hydrogen-bond acceptors (Lipinski definition) is 3. The van der Waals surface area contributed by atoms with E-state index in [0.717, 1.165) is 17.9 Å². The lowest BCUT2D eigenvalue weighted by Gasteiger charge is -2.22. The molecule has 0 unspecified atom stereocenters. The zero-order valence-corrected chi connectivity index (χ0v) is 14.3. The van der Waals surface area contributed by atoms with Gasteiger partial charge >= 0.3 is 5.97 Å². The lowest BCUT2D eigenvalue weighted by Crippen LogP contribution is -2.40. The number of hydrogen-bond donors (Lipinski definition) is 2. The van der Waals surface area contributed by atoms with Crippen molar-refractivity contribution in [1.29, 1.82) is 0 Å². The number of carboxylic acids is 1. The molecule has 1 aromatic carbocycles. The summed E-state index contributed by atoms with van der Waals surface area (Å²) >= 11 is 0. The summed E-state index contributed by atoms with van der Waals surface area (Å²) in [7, 11) is 0. The number of carbonyl (C=O) groups is 1. The molecule has 0 amide bonds. The molecule has 0 aromatic heterocycles. The molecule has 1 aliphatic carbocycles. The number of benzene rings is 1. The van der Waals surface area contributed by atoms with Gasteiger partial charge in [-0.15, -0.1) is 0 Å². The summed E-state index contributed by atoms with van der Waals surface area (Å²) in [5.41, 5.74) is 1.05. The topological polar surface area (TPSA) is 58.6 Å². The monoisotopic (exact) mass is 319 g/mol. The molecule has 0 radical (unpaired) electrons. The summed E-state index contributed by atoms with van der Waals surface area (Å²) in [4.78, 5) is 11.2. The molecule has 4 heteroatoms. The van der Waals surface area contributed by atoms with Gasteiger partial charge in [-0.25, -0.2) is 0 Å². The molecule has 2 N–H and O–H groups in total. The van der Waals surface area contributed by atoms with Gasteiger partial charge in [0.2, 0.25) is 0 Å². The maximum absolute atomic E-state index is 11.2. The molecule has 1 fully saturated rings. The predicted octanol–water partition coefficient (Wildman–Crippen LogP) is 3.84. The third-order valence-electron chi connectivity index (χ3n) is 4.57. The van der Waals surface area contributed by atoms with Crippen LogP contribution in [0.4, 0.5) is 0 Å². The van der Waals surface area contributed by atoms with Gasteiger partial charge in [0, 0.05) is 6.54 Å². The molecule has 2 rings (SSSR count). The Morgan fingerprint density at radius 1 is 1.30 bits per heavy atom. The maximum Gasteiger partial charge on any atom is 0.320 e. The van der Waals surface area contributed by atoms with Crippen LogP contribution in [0.25, 0.3) is 0 Å². The first-order valence-electron chi connectivity index (χ1n) is 8.74. The quantitative estimate of drug-likeness (QED) is 0.764. The molecule has 1 saturated carbocycles. The molecule has 0 spiro atoms. The molecule has 1 aromatic rings. The van der Waals surface area contributed by atoms with Crippen molar-refractivity contribution in [3.63, 3.8) is 0 Å². The van der Waals surface area contributed by atoms with Crippen molar-refractivity contribution in [3.8, 4) is 5.75 Å². The largest absolute Gasteiger partial charge is 0.493 e. The molecule has 0 saturated heterocycles. The lowest BCUT2D eigenvalue weighted by atomic mass is 9.90. The molecule has 1 atom stereocenters. The van der Waals surface area contributed by atoms with Crippen molar-refractivity contribution in [3.05, 3.63) is 29.8 Å². The Labute approximate surface area is 139 Å². The Balaban J connectivity index is 1.85. The summed E-state index contributed by atoms with van der Waals surface area (Å²) in [5, 5.41) is 12.3. The number of carboxylic acid groups (broad SMARTS) is 1. The van der Waals surface area contributed by atoms with E-state index >= 15 is 0 Å². The van der Waals surface area contributed by atoms with Gasteiger partial charge in [-0.1, -0.05) is 45.2 Å². The van der Waals surface area contributed by atoms with Gasteiger partial charge in [-0.05, 0) is 42.4 Å². The second-order valence-electron chi connectivity index (χ2n) is 6.90. The molecule has 0 heterocycles. The van der Waals surface area contributed by atoms with E-state index in [9.17, 15) is 9.90 Å². The van der Waals surface area contributed by atoms with Crippen LogP contribution in [0, 0.1) is 11.8 Å².